The lowest BCUT2D eigenvalue weighted by atomic mass is 9.74. The SMILES string of the molecule is CCCN(C)C1CCC1c1ccc(Cl)cc1. The molecule has 1 aromatic rings. The number of benzene rings is 1. The topological polar surface area (TPSA) is 3.24 Å². The van der Waals surface area contributed by atoms with Crippen LogP contribution >= 0.6 is 11.6 Å². The zero-order valence-electron chi connectivity index (χ0n) is 10.1. The lowest BCUT2D eigenvalue weighted by molar-refractivity contribution is 0.130. The van der Waals surface area contributed by atoms with Crippen LogP contribution in [0.1, 0.15) is 37.7 Å². The van der Waals surface area contributed by atoms with Crippen molar-refractivity contribution >= 4 is 11.6 Å². The smallest absolute Gasteiger partial charge is 0.0406 e. The number of likely N-dealkylation sites (N-methyl/N-ethyl adjacent to an activating group) is 1. The molecule has 0 spiro atoms. The second kappa shape index (κ2) is 5.20. The Bertz CT molecular complexity index is 333. The fraction of sp³-hybridized carbons (Fsp3) is 0.571. The first-order valence-corrected chi connectivity index (χ1v) is 6.56. The normalized spacial score (nSPS) is 24.5. The average molecular weight is 238 g/mol. The minimum absolute atomic E-state index is 0.716. The fourth-order valence-electron chi connectivity index (χ4n) is 2.63. The number of nitrogens with zero attached hydrogens (tertiary/aromatic N) is 1. The van der Waals surface area contributed by atoms with Crippen molar-refractivity contribution in [3.05, 3.63) is 34.9 Å². The van der Waals surface area contributed by atoms with Gasteiger partial charge in [-0.15, -0.1) is 0 Å². The number of hydrogen-bond acceptors (Lipinski definition) is 1. The molecule has 1 fully saturated rings. The Morgan fingerprint density at radius 3 is 2.44 bits per heavy atom. The third-order valence-electron chi connectivity index (χ3n) is 3.68. The van der Waals surface area contributed by atoms with E-state index in [0.29, 0.717) is 5.92 Å². The fourth-order valence-corrected chi connectivity index (χ4v) is 2.75. The maximum Gasteiger partial charge on any atom is 0.0406 e. The zero-order chi connectivity index (χ0) is 11.5. The van der Waals surface area contributed by atoms with E-state index in [-0.39, 0.29) is 0 Å². The molecule has 0 N–H and O–H groups in total. The van der Waals surface area contributed by atoms with Crippen molar-refractivity contribution < 1.29 is 0 Å². The van der Waals surface area contributed by atoms with Gasteiger partial charge in [0.15, 0.2) is 0 Å². The summed E-state index contributed by atoms with van der Waals surface area (Å²) in [6.45, 7) is 3.45. The molecule has 2 atom stereocenters. The van der Waals surface area contributed by atoms with Gasteiger partial charge in [-0.3, -0.25) is 0 Å². The number of rotatable bonds is 4. The maximum atomic E-state index is 5.92. The molecule has 1 aliphatic carbocycles. The Morgan fingerprint density at radius 1 is 1.25 bits per heavy atom. The van der Waals surface area contributed by atoms with Crippen LogP contribution in [0.4, 0.5) is 0 Å². The molecule has 0 aliphatic heterocycles. The van der Waals surface area contributed by atoms with E-state index in [1.165, 1.54) is 31.4 Å². The molecule has 0 saturated heterocycles. The van der Waals surface area contributed by atoms with Crippen LogP contribution in [-0.4, -0.2) is 24.5 Å². The molecule has 1 aliphatic rings. The van der Waals surface area contributed by atoms with Gasteiger partial charge in [0.1, 0.15) is 0 Å². The van der Waals surface area contributed by atoms with Gasteiger partial charge in [-0.05, 0) is 56.5 Å². The summed E-state index contributed by atoms with van der Waals surface area (Å²) >= 11 is 5.92. The second-order valence-electron chi connectivity index (χ2n) is 4.78. The Morgan fingerprint density at radius 2 is 1.94 bits per heavy atom. The first kappa shape index (κ1) is 11.9. The molecule has 88 valence electrons. The van der Waals surface area contributed by atoms with E-state index in [9.17, 15) is 0 Å². The molecule has 1 saturated carbocycles. The summed E-state index contributed by atoms with van der Waals surface area (Å²) in [5.74, 6) is 0.716. The van der Waals surface area contributed by atoms with Crippen molar-refractivity contribution in [2.24, 2.45) is 0 Å². The van der Waals surface area contributed by atoms with E-state index in [2.05, 4.69) is 31.0 Å². The van der Waals surface area contributed by atoms with E-state index >= 15 is 0 Å². The third kappa shape index (κ3) is 2.41. The van der Waals surface area contributed by atoms with Crippen molar-refractivity contribution in [3.63, 3.8) is 0 Å². The van der Waals surface area contributed by atoms with Gasteiger partial charge in [0.2, 0.25) is 0 Å². The summed E-state index contributed by atoms with van der Waals surface area (Å²) in [5.41, 5.74) is 1.45. The van der Waals surface area contributed by atoms with Crippen LogP contribution in [0, 0.1) is 0 Å². The first-order valence-electron chi connectivity index (χ1n) is 6.18. The number of halogens is 1. The molecule has 0 heterocycles. The molecule has 2 unspecified atom stereocenters. The van der Waals surface area contributed by atoms with Crippen molar-refractivity contribution in [1.82, 2.24) is 4.90 Å². The highest BCUT2D eigenvalue weighted by Gasteiger charge is 2.34. The molecule has 0 aromatic heterocycles. The molecule has 0 amide bonds. The minimum Gasteiger partial charge on any atom is -0.303 e. The molecule has 16 heavy (non-hydrogen) atoms. The van der Waals surface area contributed by atoms with Crippen molar-refractivity contribution in [3.8, 4) is 0 Å². The lowest BCUT2D eigenvalue weighted by Gasteiger charge is -2.43. The van der Waals surface area contributed by atoms with E-state index in [1.807, 2.05) is 12.1 Å². The second-order valence-corrected chi connectivity index (χ2v) is 5.22. The molecule has 0 bridgehead atoms. The van der Waals surface area contributed by atoms with Gasteiger partial charge in [0.25, 0.3) is 0 Å². The summed E-state index contributed by atoms with van der Waals surface area (Å²) in [7, 11) is 2.25. The quantitative estimate of drug-likeness (QED) is 0.767. The third-order valence-corrected chi connectivity index (χ3v) is 3.93. The summed E-state index contributed by atoms with van der Waals surface area (Å²) in [5, 5.41) is 0.835. The van der Waals surface area contributed by atoms with E-state index in [0.717, 1.165) is 11.1 Å². The van der Waals surface area contributed by atoms with Crippen LogP contribution in [0.15, 0.2) is 24.3 Å². The zero-order valence-corrected chi connectivity index (χ0v) is 10.9. The van der Waals surface area contributed by atoms with Crippen LogP contribution in [0.2, 0.25) is 5.02 Å². The van der Waals surface area contributed by atoms with Crippen LogP contribution in [0.3, 0.4) is 0 Å². The first-order chi connectivity index (χ1) is 7.72. The van der Waals surface area contributed by atoms with E-state index in [1.54, 1.807) is 0 Å². The minimum atomic E-state index is 0.716. The van der Waals surface area contributed by atoms with Crippen LogP contribution in [-0.2, 0) is 0 Å². The Kier molecular flexibility index (Phi) is 3.88. The summed E-state index contributed by atoms with van der Waals surface area (Å²) in [4.78, 5) is 2.50. The highest BCUT2D eigenvalue weighted by atomic mass is 35.5. The predicted molar refractivity (Wildman–Crippen MR) is 70.1 cm³/mol. The molecule has 1 aromatic carbocycles. The van der Waals surface area contributed by atoms with Gasteiger partial charge in [0, 0.05) is 11.1 Å². The predicted octanol–water partition coefficient (Wildman–Crippen LogP) is 3.93. The Labute approximate surface area is 103 Å². The van der Waals surface area contributed by atoms with Gasteiger partial charge in [0.05, 0.1) is 0 Å². The number of hydrogen-bond donors (Lipinski definition) is 0. The van der Waals surface area contributed by atoms with Gasteiger partial charge in [-0.25, -0.2) is 0 Å². The monoisotopic (exact) mass is 237 g/mol. The maximum absolute atomic E-state index is 5.92. The highest BCUT2D eigenvalue weighted by molar-refractivity contribution is 6.30. The van der Waals surface area contributed by atoms with Gasteiger partial charge in [-0.1, -0.05) is 30.7 Å². The largest absolute Gasteiger partial charge is 0.303 e. The molecule has 2 rings (SSSR count). The molecular formula is C14H20ClN. The van der Waals surface area contributed by atoms with Crippen LogP contribution in [0.25, 0.3) is 0 Å². The Balaban J connectivity index is 2.02. The van der Waals surface area contributed by atoms with Crippen molar-refractivity contribution in [2.75, 3.05) is 13.6 Å². The van der Waals surface area contributed by atoms with Crippen LogP contribution < -0.4 is 0 Å². The van der Waals surface area contributed by atoms with Crippen molar-refractivity contribution in [1.29, 1.82) is 0 Å². The van der Waals surface area contributed by atoms with Gasteiger partial charge < -0.3 is 4.90 Å². The summed E-state index contributed by atoms with van der Waals surface area (Å²) in [6, 6.07) is 9.11. The molecule has 0 radical (unpaired) electrons. The van der Waals surface area contributed by atoms with Crippen LogP contribution in [0.5, 0.6) is 0 Å². The van der Waals surface area contributed by atoms with E-state index in [4.69, 9.17) is 11.6 Å². The summed E-state index contributed by atoms with van der Waals surface area (Å²) in [6.07, 6.45) is 3.89. The average Bonchev–Trinajstić information content (AvgIpc) is 2.20. The molecular weight excluding hydrogens is 218 g/mol. The molecule has 1 nitrogen and oxygen atoms in total. The van der Waals surface area contributed by atoms with E-state index < -0.39 is 0 Å². The summed E-state index contributed by atoms with van der Waals surface area (Å²) < 4.78 is 0. The van der Waals surface area contributed by atoms with Gasteiger partial charge in [-0.2, -0.15) is 0 Å². The molecule has 2 heteroatoms. The lowest BCUT2D eigenvalue weighted by Crippen LogP contribution is -2.43. The Hall–Kier alpha value is -0.530. The standard InChI is InChI=1S/C14H20ClN/c1-3-10-16(2)14-9-8-13(14)11-4-6-12(15)7-5-11/h4-7,13-14H,3,8-10H2,1-2H3. The highest BCUT2D eigenvalue weighted by Crippen LogP contribution is 2.40. The van der Waals surface area contributed by atoms with Crippen molar-refractivity contribution in [2.45, 2.75) is 38.1 Å². The van der Waals surface area contributed by atoms with Gasteiger partial charge >= 0.3 is 0 Å².